The van der Waals surface area contributed by atoms with Crippen molar-refractivity contribution in [3.05, 3.63) is 75.6 Å². The van der Waals surface area contributed by atoms with Gasteiger partial charge in [0, 0.05) is 30.1 Å². The monoisotopic (exact) mass is 323 g/mol. The number of rotatable bonds is 5. The lowest BCUT2D eigenvalue weighted by molar-refractivity contribution is 0.466. The smallest absolute Gasteiger partial charge is 0.336 e. The number of aromatic hydroxyl groups is 1. The first-order valence-corrected chi connectivity index (χ1v) is 8.15. The molecule has 0 bridgehead atoms. The Labute approximate surface area is 140 Å². The quantitative estimate of drug-likeness (QED) is 0.699. The van der Waals surface area contributed by atoms with E-state index in [4.69, 9.17) is 4.42 Å². The van der Waals surface area contributed by atoms with Crippen molar-refractivity contribution >= 4 is 11.0 Å². The lowest BCUT2D eigenvalue weighted by Crippen LogP contribution is -2.19. The molecule has 0 aliphatic carbocycles. The molecule has 3 aromatic rings. The molecule has 0 amide bonds. The highest BCUT2D eigenvalue weighted by atomic mass is 16.4. The van der Waals surface area contributed by atoms with Gasteiger partial charge in [0.15, 0.2) is 0 Å². The molecule has 0 saturated heterocycles. The number of phenolic OH excluding ortho intramolecular Hbond substituents is 1. The summed E-state index contributed by atoms with van der Waals surface area (Å²) in [4.78, 5) is 11.8. The van der Waals surface area contributed by atoms with Crippen LogP contribution in [0, 0.1) is 0 Å². The van der Waals surface area contributed by atoms with E-state index in [9.17, 15) is 9.90 Å². The number of hydrogen-bond acceptors (Lipinski definition) is 4. The summed E-state index contributed by atoms with van der Waals surface area (Å²) in [6.07, 6.45) is 0.716. The van der Waals surface area contributed by atoms with Crippen LogP contribution >= 0.6 is 0 Å². The summed E-state index contributed by atoms with van der Waals surface area (Å²) in [6.45, 7) is 4.62. The molecular weight excluding hydrogens is 302 g/mol. The molecule has 4 nitrogen and oxygen atoms in total. The number of fused-ring (bicyclic) bond motifs is 1. The number of aryl methyl sites for hydroxylation is 1. The first-order chi connectivity index (χ1) is 11.6. The van der Waals surface area contributed by atoms with E-state index in [1.807, 2.05) is 31.2 Å². The molecule has 1 heterocycles. The van der Waals surface area contributed by atoms with Gasteiger partial charge in [-0.25, -0.2) is 4.79 Å². The van der Waals surface area contributed by atoms with E-state index in [0.29, 0.717) is 18.5 Å². The van der Waals surface area contributed by atoms with Gasteiger partial charge in [0.25, 0.3) is 0 Å². The first kappa shape index (κ1) is 16.3. The fraction of sp³-hybridized carbons (Fsp3) is 0.250. The van der Waals surface area contributed by atoms with Crippen LogP contribution in [-0.4, -0.2) is 5.11 Å². The second kappa shape index (κ2) is 6.89. The first-order valence-electron chi connectivity index (χ1n) is 8.15. The molecule has 0 aliphatic rings. The highest BCUT2D eigenvalue weighted by molar-refractivity contribution is 5.82. The molecule has 124 valence electrons. The Bertz CT molecular complexity index is 900. The average Bonchev–Trinajstić information content (AvgIpc) is 2.59. The number of hydrogen-bond donors (Lipinski definition) is 2. The largest absolute Gasteiger partial charge is 0.508 e. The lowest BCUT2D eigenvalue weighted by Gasteiger charge is -2.15. The number of phenols is 1. The van der Waals surface area contributed by atoms with Crippen LogP contribution in [0.15, 0.2) is 57.7 Å². The molecule has 1 unspecified atom stereocenters. The standard InChI is InChI=1S/C20H21NO3/c1-3-14-9-17-16(10-20(23)24-19(17)11-18(14)22)12-21-13(2)15-7-5-4-6-8-15/h4-11,13,21-22H,3,12H2,1-2H3. The molecule has 24 heavy (non-hydrogen) atoms. The zero-order valence-electron chi connectivity index (χ0n) is 13.9. The van der Waals surface area contributed by atoms with E-state index in [0.717, 1.165) is 16.5 Å². The minimum Gasteiger partial charge on any atom is -0.508 e. The third-order valence-electron chi connectivity index (χ3n) is 4.31. The maximum atomic E-state index is 11.8. The Kier molecular flexibility index (Phi) is 4.67. The Morgan fingerprint density at radius 2 is 1.88 bits per heavy atom. The Hall–Kier alpha value is -2.59. The van der Waals surface area contributed by atoms with Crippen LogP contribution in [0.3, 0.4) is 0 Å². The Balaban J connectivity index is 1.92. The molecule has 0 spiro atoms. The van der Waals surface area contributed by atoms with Gasteiger partial charge >= 0.3 is 5.63 Å². The van der Waals surface area contributed by atoms with Crippen molar-refractivity contribution in [2.24, 2.45) is 0 Å². The molecule has 3 rings (SSSR count). The topological polar surface area (TPSA) is 62.5 Å². The van der Waals surface area contributed by atoms with E-state index in [2.05, 4.69) is 24.4 Å². The zero-order chi connectivity index (χ0) is 17.1. The molecule has 0 fully saturated rings. The van der Waals surface area contributed by atoms with Gasteiger partial charge in [-0.2, -0.15) is 0 Å². The van der Waals surface area contributed by atoms with E-state index in [1.54, 1.807) is 0 Å². The molecule has 1 aromatic heterocycles. The summed E-state index contributed by atoms with van der Waals surface area (Å²) < 4.78 is 5.23. The molecule has 2 N–H and O–H groups in total. The Morgan fingerprint density at radius 1 is 1.12 bits per heavy atom. The molecule has 1 atom stereocenters. The highest BCUT2D eigenvalue weighted by Crippen LogP contribution is 2.27. The maximum absolute atomic E-state index is 11.8. The minimum absolute atomic E-state index is 0.163. The van der Waals surface area contributed by atoms with Crippen molar-refractivity contribution in [3.8, 4) is 5.75 Å². The van der Waals surface area contributed by atoms with Crippen LogP contribution in [0.4, 0.5) is 0 Å². The summed E-state index contributed by atoms with van der Waals surface area (Å²) in [6, 6.07) is 15.3. The summed E-state index contributed by atoms with van der Waals surface area (Å²) in [7, 11) is 0. The van der Waals surface area contributed by atoms with Crippen LogP contribution in [0.1, 0.15) is 36.6 Å². The van der Waals surface area contributed by atoms with E-state index < -0.39 is 5.63 Å². The fourth-order valence-corrected chi connectivity index (χ4v) is 2.86. The fourth-order valence-electron chi connectivity index (χ4n) is 2.86. The van der Waals surface area contributed by atoms with E-state index in [-0.39, 0.29) is 11.8 Å². The number of nitrogens with one attached hydrogen (secondary N) is 1. The van der Waals surface area contributed by atoms with Gasteiger partial charge in [-0.15, -0.1) is 0 Å². The summed E-state index contributed by atoms with van der Waals surface area (Å²) >= 11 is 0. The predicted octanol–water partition coefficient (Wildman–Crippen LogP) is 3.91. The molecule has 0 aliphatic heterocycles. The van der Waals surface area contributed by atoms with Crippen molar-refractivity contribution in [1.29, 1.82) is 0 Å². The molecular formula is C20H21NO3. The average molecular weight is 323 g/mol. The van der Waals surface area contributed by atoms with E-state index >= 15 is 0 Å². The van der Waals surface area contributed by atoms with Gasteiger partial charge < -0.3 is 14.8 Å². The minimum atomic E-state index is -0.407. The van der Waals surface area contributed by atoms with Crippen molar-refractivity contribution in [2.75, 3.05) is 0 Å². The lowest BCUT2D eigenvalue weighted by atomic mass is 10.0. The van der Waals surface area contributed by atoms with Crippen molar-refractivity contribution in [2.45, 2.75) is 32.9 Å². The van der Waals surface area contributed by atoms with Gasteiger partial charge in [0.1, 0.15) is 11.3 Å². The van der Waals surface area contributed by atoms with Crippen LogP contribution in [0.5, 0.6) is 5.75 Å². The molecule has 2 aromatic carbocycles. The zero-order valence-corrected chi connectivity index (χ0v) is 13.9. The van der Waals surface area contributed by atoms with Crippen molar-refractivity contribution < 1.29 is 9.52 Å². The van der Waals surface area contributed by atoms with Gasteiger partial charge in [-0.3, -0.25) is 0 Å². The van der Waals surface area contributed by atoms with Gasteiger partial charge in [0.05, 0.1) is 0 Å². The summed E-state index contributed by atoms with van der Waals surface area (Å²) in [5.74, 6) is 0.163. The normalized spacial score (nSPS) is 12.4. The summed E-state index contributed by atoms with van der Waals surface area (Å²) in [5.41, 5.74) is 2.92. The number of benzene rings is 2. The predicted molar refractivity (Wildman–Crippen MR) is 95.2 cm³/mol. The van der Waals surface area contributed by atoms with Crippen LogP contribution in [-0.2, 0) is 13.0 Å². The van der Waals surface area contributed by atoms with Crippen LogP contribution < -0.4 is 10.9 Å². The van der Waals surface area contributed by atoms with Crippen molar-refractivity contribution in [1.82, 2.24) is 5.32 Å². The molecule has 0 radical (unpaired) electrons. The second-order valence-corrected chi connectivity index (χ2v) is 5.93. The second-order valence-electron chi connectivity index (χ2n) is 5.93. The van der Waals surface area contributed by atoms with Crippen LogP contribution in [0.2, 0.25) is 0 Å². The SMILES string of the molecule is CCc1cc2c(CNC(C)c3ccccc3)cc(=O)oc2cc1O. The highest BCUT2D eigenvalue weighted by Gasteiger charge is 2.11. The van der Waals surface area contributed by atoms with Gasteiger partial charge in [-0.1, -0.05) is 37.3 Å². The molecule has 0 saturated carbocycles. The third kappa shape index (κ3) is 3.34. The van der Waals surface area contributed by atoms with Gasteiger partial charge in [0.2, 0.25) is 0 Å². The molecule has 4 heteroatoms. The third-order valence-corrected chi connectivity index (χ3v) is 4.31. The van der Waals surface area contributed by atoms with E-state index in [1.165, 1.54) is 17.7 Å². The Morgan fingerprint density at radius 3 is 2.58 bits per heavy atom. The maximum Gasteiger partial charge on any atom is 0.336 e. The van der Waals surface area contributed by atoms with Gasteiger partial charge in [-0.05, 0) is 36.1 Å². The van der Waals surface area contributed by atoms with Crippen molar-refractivity contribution in [3.63, 3.8) is 0 Å². The van der Waals surface area contributed by atoms with Crippen LogP contribution in [0.25, 0.3) is 11.0 Å². The summed E-state index contributed by atoms with van der Waals surface area (Å²) in [5, 5.41) is 14.3.